The molecule has 0 bridgehead atoms. The lowest BCUT2D eigenvalue weighted by Gasteiger charge is -2.29. The summed E-state index contributed by atoms with van der Waals surface area (Å²) < 4.78 is 5.45. The Kier molecular flexibility index (Phi) is 4.88. The van der Waals surface area contributed by atoms with Crippen LogP contribution in [0.2, 0.25) is 0 Å². The Labute approximate surface area is 81.0 Å². The fourth-order valence-corrected chi connectivity index (χ4v) is 1.88. The fraction of sp³-hybridized carbons (Fsp3) is 0.818. The second-order valence-corrected chi connectivity index (χ2v) is 3.55. The molecular weight excluding hydrogens is 162 g/mol. The molecule has 2 heteroatoms. The first kappa shape index (κ1) is 10.6. The summed E-state index contributed by atoms with van der Waals surface area (Å²) in [5, 5.41) is 3.43. The first-order valence-corrected chi connectivity index (χ1v) is 5.13. The Bertz CT molecular complexity index is 167. The first-order valence-electron chi connectivity index (χ1n) is 5.13. The predicted molar refractivity (Wildman–Crippen MR) is 54.5 cm³/mol. The van der Waals surface area contributed by atoms with E-state index >= 15 is 0 Å². The van der Waals surface area contributed by atoms with E-state index in [-0.39, 0.29) is 0 Å². The van der Waals surface area contributed by atoms with Gasteiger partial charge in [0, 0.05) is 19.1 Å². The van der Waals surface area contributed by atoms with Crippen LogP contribution in [0.5, 0.6) is 0 Å². The van der Waals surface area contributed by atoms with E-state index in [1.165, 1.54) is 12.8 Å². The molecule has 0 aromatic carbocycles. The molecule has 1 N–H and O–H groups in total. The van der Waals surface area contributed by atoms with Gasteiger partial charge in [-0.1, -0.05) is 6.92 Å². The summed E-state index contributed by atoms with van der Waals surface area (Å²) in [6.45, 7) is 4.90. The van der Waals surface area contributed by atoms with Crippen molar-refractivity contribution in [3.8, 4) is 12.3 Å². The molecule has 1 saturated heterocycles. The summed E-state index contributed by atoms with van der Waals surface area (Å²) in [7, 11) is 0. The molecule has 74 valence electrons. The minimum atomic E-state index is 0.454. The molecule has 0 saturated carbocycles. The second kappa shape index (κ2) is 6.01. The standard InChI is InChI=1S/C11H19NO/c1-3-6-11(12-4-2)10-7-5-8-13-9-10/h1,10-12H,4-9H2,2H3. The molecule has 0 radical (unpaired) electrons. The van der Waals surface area contributed by atoms with Crippen LogP contribution in [0, 0.1) is 18.3 Å². The molecule has 0 aliphatic carbocycles. The maximum atomic E-state index is 5.45. The van der Waals surface area contributed by atoms with Crippen LogP contribution in [0.15, 0.2) is 0 Å². The third-order valence-corrected chi connectivity index (χ3v) is 2.57. The van der Waals surface area contributed by atoms with Crippen molar-refractivity contribution in [3.63, 3.8) is 0 Å². The molecule has 0 aromatic rings. The minimum Gasteiger partial charge on any atom is -0.381 e. The fourth-order valence-electron chi connectivity index (χ4n) is 1.88. The zero-order valence-corrected chi connectivity index (χ0v) is 8.38. The number of terminal acetylenes is 1. The third-order valence-electron chi connectivity index (χ3n) is 2.57. The van der Waals surface area contributed by atoms with Crippen LogP contribution < -0.4 is 5.32 Å². The molecular formula is C11H19NO. The average Bonchev–Trinajstić information content (AvgIpc) is 2.19. The molecule has 1 aliphatic rings. The van der Waals surface area contributed by atoms with Crippen molar-refractivity contribution in [3.05, 3.63) is 0 Å². The molecule has 0 amide bonds. The Morgan fingerprint density at radius 1 is 1.69 bits per heavy atom. The van der Waals surface area contributed by atoms with Crippen LogP contribution in [-0.4, -0.2) is 25.8 Å². The lowest BCUT2D eigenvalue weighted by atomic mass is 9.92. The molecule has 1 aliphatic heterocycles. The van der Waals surface area contributed by atoms with Crippen LogP contribution >= 0.6 is 0 Å². The lowest BCUT2D eigenvalue weighted by Crippen LogP contribution is -2.39. The summed E-state index contributed by atoms with van der Waals surface area (Å²) in [5.74, 6) is 3.35. The molecule has 0 spiro atoms. The van der Waals surface area contributed by atoms with E-state index in [0.29, 0.717) is 12.0 Å². The highest BCUT2D eigenvalue weighted by Crippen LogP contribution is 2.19. The van der Waals surface area contributed by atoms with Gasteiger partial charge in [-0.15, -0.1) is 12.3 Å². The highest BCUT2D eigenvalue weighted by Gasteiger charge is 2.22. The van der Waals surface area contributed by atoms with Gasteiger partial charge < -0.3 is 10.1 Å². The second-order valence-electron chi connectivity index (χ2n) is 3.55. The highest BCUT2D eigenvalue weighted by molar-refractivity contribution is 4.92. The summed E-state index contributed by atoms with van der Waals surface area (Å²) in [4.78, 5) is 0. The van der Waals surface area contributed by atoms with E-state index in [4.69, 9.17) is 11.2 Å². The number of hydrogen-bond donors (Lipinski definition) is 1. The van der Waals surface area contributed by atoms with Gasteiger partial charge in [0.1, 0.15) is 0 Å². The first-order chi connectivity index (χ1) is 6.38. The molecule has 2 atom stereocenters. The van der Waals surface area contributed by atoms with Gasteiger partial charge in [0.25, 0.3) is 0 Å². The highest BCUT2D eigenvalue weighted by atomic mass is 16.5. The van der Waals surface area contributed by atoms with Gasteiger partial charge in [0.15, 0.2) is 0 Å². The van der Waals surface area contributed by atoms with Gasteiger partial charge in [-0.2, -0.15) is 0 Å². The maximum absolute atomic E-state index is 5.45. The predicted octanol–water partition coefficient (Wildman–Crippen LogP) is 1.41. The van der Waals surface area contributed by atoms with Crippen LogP contribution in [0.4, 0.5) is 0 Å². The molecule has 2 unspecified atom stereocenters. The summed E-state index contributed by atoms with van der Waals surface area (Å²) in [6, 6.07) is 0.454. The zero-order valence-electron chi connectivity index (χ0n) is 8.38. The molecule has 13 heavy (non-hydrogen) atoms. The van der Waals surface area contributed by atoms with Crippen LogP contribution in [-0.2, 0) is 4.74 Å². The number of hydrogen-bond acceptors (Lipinski definition) is 2. The van der Waals surface area contributed by atoms with Crippen molar-refractivity contribution in [2.45, 2.75) is 32.2 Å². The Balaban J connectivity index is 2.37. The maximum Gasteiger partial charge on any atom is 0.0509 e. The molecule has 1 fully saturated rings. The van der Waals surface area contributed by atoms with Crippen molar-refractivity contribution in [2.24, 2.45) is 5.92 Å². The van der Waals surface area contributed by atoms with Crippen molar-refractivity contribution in [1.29, 1.82) is 0 Å². The normalized spacial score (nSPS) is 25.1. The molecule has 2 nitrogen and oxygen atoms in total. The van der Waals surface area contributed by atoms with E-state index in [2.05, 4.69) is 18.2 Å². The monoisotopic (exact) mass is 181 g/mol. The van der Waals surface area contributed by atoms with Gasteiger partial charge in [-0.05, 0) is 25.3 Å². The number of rotatable bonds is 4. The van der Waals surface area contributed by atoms with Crippen molar-refractivity contribution in [1.82, 2.24) is 5.32 Å². The average molecular weight is 181 g/mol. The van der Waals surface area contributed by atoms with Gasteiger partial charge in [-0.3, -0.25) is 0 Å². The Morgan fingerprint density at radius 3 is 3.08 bits per heavy atom. The number of nitrogens with one attached hydrogen (secondary N) is 1. The van der Waals surface area contributed by atoms with E-state index < -0.39 is 0 Å². The molecule has 1 heterocycles. The van der Waals surface area contributed by atoms with Crippen molar-refractivity contribution >= 4 is 0 Å². The zero-order chi connectivity index (χ0) is 9.52. The van der Waals surface area contributed by atoms with Crippen molar-refractivity contribution in [2.75, 3.05) is 19.8 Å². The van der Waals surface area contributed by atoms with Gasteiger partial charge >= 0.3 is 0 Å². The molecule has 0 aromatic heterocycles. The van der Waals surface area contributed by atoms with E-state index in [9.17, 15) is 0 Å². The van der Waals surface area contributed by atoms with Crippen LogP contribution in [0.3, 0.4) is 0 Å². The third kappa shape index (κ3) is 3.38. The SMILES string of the molecule is C#CCC(NCC)C1CCCOC1. The summed E-state index contributed by atoms with van der Waals surface area (Å²) in [5.41, 5.74) is 0. The van der Waals surface area contributed by atoms with E-state index in [1.54, 1.807) is 0 Å². The van der Waals surface area contributed by atoms with E-state index in [1.807, 2.05) is 0 Å². The minimum absolute atomic E-state index is 0.454. The largest absolute Gasteiger partial charge is 0.381 e. The Hall–Kier alpha value is -0.520. The van der Waals surface area contributed by atoms with Gasteiger partial charge in [-0.25, -0.2) is 0 Å². The van der Waals surface area contributed by atoms with Gasteiger partial charge in [0.2, 0.25) is 0 Å². The lowest BCUT2D eigenvalue weighted by molar-refractivity contribution is 0.0403. The smallest absolute Gasteiger partial charge is 0.0509 e. The van der Waals surface area contributed by atoms with Crippen LogP contribution in [0.25, 0.3) is 0 Å². The Morgan fingerprint density at radius 2 is 2.54 bits per heavy atom. The quantitative estimate of drug-likeness (QED) is 0.662. The van der Waals surface area contributed by atoms with Crippen LogP contribution in [0.1, 0.15) is 26.2 Å². The summed E-state index contributed by atoms with van der Waals surface area (Å²) in [6.07, 6.45) is 8.58. The van der Waals surface area contributed by atoms with Gasteiger partial charge in [0.05, 0.1) is 6.61 Å². The van der Waals surface area contributed by atoms with E-state index in [0.717, 1.165) is 26.2 Å². The topological polar surface area (TPSA) is 21.3 Å². The van der Waals surface area contributed by atoms with Crippen molar-refractivity contribution < 1.29 is 4.74 Å². The number of ether oxygens (including phenoxy) is 1. The molecule has 1 rings (SSSR count). The summed E-state index contributed by atoms with van der Waals surface area (Å²) >= 11 is 0.